The molecule has 0 saturated heterocycles. The van der Waals surface area contributed by atoms with Gasteiger partial charge in [0.1, 0.15) is 6.42 Å². The Morgan fingerprint density at radius 1 is 1.00 bits per heavy atom. The number of likely N-dealkylation sites (N-methyl/N-ethyl adjacent to an activating group) is 1. The van der Waals surface area contributed by atoms with Crippen LogP contribution in [0, 0.1) is 0 Å². The molecule has 7 nitrogen and oxygen atoms in total. The SMILES string of the molecule is COc1ccc(CCNC(=O)CC(=O)NCCN(C)C)cc1OC. The number of carbonyl (C=O) groups is 2. The maximum atomic E-state index is 11.7. The van der Waals surface area contributed by atoms with Gasteiger partial charge in [0.05, 0.1) is 14.2 Å². The Morgan fingerprint density at radius 3 is 2.21 bits per heavy atom. The molecule has 0 fully saturated rings. The average molecular weight is 337 g/mol. The molecule has 1 rings (SSSR count). The Bertz CT molecular complexity index is 547. The smallest absolute Gasteiger partial charge is 0.229 e. The number of amides is 2. The number of carbonyl (C=O) groups excluding carboxylic acids is 2. The Kier molecular flexibility index (Phi) is 8.64. The summed E-state index contributed by atoms with van der Waals surface area (Å²) < 4.78 is 10.4. The van der Waals surface area contributed by atoms with Crippen LogP contribution in [-0.2, 0) is 16.0 Å². The normalized spacial score (nSPS) is 10.4. The molecule has 2 N–H and O–H groups in total. The first-order valence-electron chi connectivity index (χ1n) is 7.85. The van der Waals surface area contributed by atoms with Gasteiger partial charge in [-0.1, -0.05) is 6.07 Å². The fourth-order valence-electron chi connectivity index (χ4n) is 2.07. The number of methoxy groups -OCH3 is 2. The monoisotopic (exact) mass is 337 g/mol. The summed E-state index contributed by atoms with van der Waals surface area (Å²) in [5, 5.41) is 5.45. The summed E-state index contributed by atoms with van der Waals surface area (Å²) in [6.07, 6.45) is 0.494. The van der Waals surface area contributed by atoms with Crippen LogP contribution in [0.1, 0.15) is 12.0 Å². The zero-order chi connectivity index (χ0) is 17.9. The third-order valence-electron chi connectivity index (χ3n) is 3.39. The minimum Gasteiger partial charge on any atom is -0.493 e. The molecule has 0 heterocycles. The number of hydrogen-bond donors (Lipinski definition) is 2. The van der Waals surface area contributed by atoms with Gasteiger partial charge >= 0.3 is 0 Å². The number of hydrogen-bond acceptors (Lipinski definition) is 5. The third kappa shape index (κ3) is 7.32. The number of ether oxygens (including phenoxy) is 2. The number of benzene rings is 1. The molecular weight excluding hydrogens is 310 g/mol. The molecule has 0 aliphatic carbocycles. The largest absolute Gasteiger partial charge is 0.493 e. The van der Waals surface area contributed by atoms with Crippen molar-refractivity contribution in [3.05, 3.63) is 23.8 Å². The Labute approximate surface area is 143 Å². The van der Waals surface area contributed by atoms with Gasteiger partial charge in [-0.2, -0.15) is 0 Å². The van der Waals surface area contributed by atoms with Crippen molar-refractivity contribution in [2.45, 2.75) is 12.8 Å². The molecule has 1 aromatic carbocycles. The van der Waals surface area contributed by atoms with E-state index in [1.54, 1.807) is 14.2 Å². The van der Waals surface area contributed by atoms with Gasteiger partial charge in [-0.05, 0) is 38.2 Å². The molecular formula is C17H27N3O4. The van der Waals surface area contributed by atoms with Crippen LogP contribution in [0.5, 0.6) is 11.5 Å². The van der Waals surface area contributed by atoms with Gasteiger partial charge in [0.15, 0.2) is 11.5 Å². The topological polar surface area (TPSA) is 79.9 Å². The summed E-state index contributed by atoms with van der Waals surface area (Å²) in [5.41, 5.74) is 1.02. The lowest BCUT2D eigenvalue weighted by atomic mass is 10.1. The van der Waals surface area contributed by atoms with E-state index in [1.807, 2.05) is 37.2 Å². The average Bonchev–Trinajstić information content (AvgIpc) is 2.54. The van der Waals surface area contributed by atoms with Crippen molar-refractivity contribution in [2.24, 2.45) is 0 Å². The predicted molar refractivity (Wildman–Crippen MR) is 92.4 cm³/mol. The molecule has 0 atom stereocenters. The summed E-state index contributed by atoms with van der Waals surface area (Å²) in [5.74, 6) is 0.777. The Morgan fingerprint density at radius 2 is 1.62 bits per heavy atom. The summed E-state index contributed by atoms with van der Waals surface area (Å²) in [4.78, 5) is 25.3. The molecule has 7 heteroatoms. The lowest BCUT2D eigenvalue weighted by Gasteiger charge is -2.11. The quantitative estimate of drug-likeness (QED) is 0.605. The number of nitrogens with one attached hydrogen (secondary N) is 2. The van der Waals surface area contributed by atoms with Crippen LogP contribution in [0.4, 0.5) is 0 Å². The zero-order valence-electron chi connectivity index (χ0n) is 14.8. The summed E-state index contributed by atoms with van der Waals surface area (Å²) >= 11 is 0. The van der Waals surface area contributed by atoms with Crippen LogP contribution >= 0.6 is 0 Å². The first kappa shape index (κ1) is 19.8. The van der Waals surface area contributed by atoms with Crippen molar-refractivity contribution < 1.29 is 19.1 Å². The van der Waals surface area contributed by atoms with Gasteiger partial charge < -0.3 is 25.0 Å². The zero-order valence-corrected chi connectivity index (χ0v) is 14.8. The van der Waals surface area contributed by atoms with E-state index in [-0.39, 0.29) is 18.2 Å². The van der Waals surface area contributed by atoms with Crippen molar-refractivity contribution >= 4 is 11.8 Å². The van der Waals surface area contributed by atoms with Crippen molar-refractivity contribution in [1.29, 1.82) is 0 Å². The maximum absolute atomic E-state index is 11.7. The first-order valence-corrected chi connectivity index (χ1v) is 7.85. The third-order valence-corrected chi connectivity index (χ3v) is 3.39. The van der Waals surface area contributed by atoms with Crippen molar-refractivity contribution in [3.8, 4) is 11.5 Å². The van der Waals surface area contributed by atoms with E-state index in [1.165, 1.54) is 0 Å². The van der Waals surface area contributed by atoms with E-state index in [0.29, 0.717) is 31.0 Å². The first-order chi connectivity index (χ1) is 11.5. The number of rotatable bonds is 10. The lowest BCUT2D eigenvalue weighted by molar-refractivity contribution is -0.129. The fraction of sp³-hybridized carbons (Fsp3) is 0.529. The van der Waals surface area contributed by atoms with Gasteiger partial charge in [0.2, 0.25) is 11.8 Å². The summed E-state index contributed by atoms with van der Waals surface area (Å²) in [6.45, 7) is 1.73. The highest BCUT2D eigenvalue weighted by atomic mass is 16.5. The number of nitrogens with zero attached hydrogens (tertiary/aromatic N) is 1. The van der Waals surface area contributed by atoms with Gasteiger partial charge in [-0.3, -0.25) is 9.59 Å². The molecule has 0 unspecified atom stereocenters. The maximum Gasteiger partial charge on any atom is 0.229 e. The second-order valence-corrected chi connectivity index (χ2v) is 5.62. The van der Waals surface area contributed by atoms with Gasteiger partial charge in [0.25, 0.3) is 0 Å². The highest BCUT2D eigenvalue weighted by Gasteiger charge is 2.09. The minimum atomic E-state index is -0.280. The van der Waals surface area contributed by atoms with Gasteiger partial charge in [0, 0.05) is 19.6 Å². The van der Waals surface area contributed by atoms with Crippen molar-refractivity contribution in [3.63, 3.8) is 0 Å². The predicted octanol–water partition coefficient (Wildman–Crippen LogP) is 0.430. The summed E-state index contributed by atoms with van der Waals surface area (Å²) in [7, 11) is 7.01. The molecule has 0 aromatic heterocycles. The fourth-order valence-corrected chi connectivity index (χ4v) is 2.07. The van der Waals surface area contributed by atoms with Crippen LogP contribution in [0.3, 0.4) is 0 Å². The molecule has 0 radical (unpaired) electrons. The standard InChI is InChI=1S/C17H27N3O4/c1-20(2)10-9-19-17(22)12-16(21)18-8-7-13-5-6-14(23-3)15(11-13)24-4/h5-6,11H,7-10,12H2,1-4H3,(H,18,21)(H,19,22). The van der Waals surface area contributed by atoms with E-state index in [0.717, 1.165) is 12.1 Å². The second-order valence-electron chi connectivity index (χ2n) is 5.62. The Hall–Kier alpha value is -2.28. The lowest BCUT2D eigenvalue weighted by Crippen LogP contribution is -2.35. The van der Waals surface area contributed by atoms with Crippen molar-refractivity contribution in [1.82, 2.24) is 15.5 Å². The highest BCUT2D eigenvalue weighted by molar-refractivity contribution is 5.96. The molecule has 0 bridgehead atoms. The van der Waals surface area contributed by atoms with Crippen LogP contribution in [-0.4, -0.2) is 64.7 Å². The molecule has 1 aromatic rings. The van der Waals surface area contributed by atoms with Crippen LogP contribution in [0.2, 0.25) is 0 Å². The molecule has 2 amide bonds. The summed E-state index contributed by atoms with van der Waals surface area (Å²) in [6, 6.07) is 5.62. The molecule has 0 aliphatic heterocycles. The molecule has 24 heavy (non-hydrogen) atoms. The van der Waals surface area contributed by atoms with E-state index in [9.17, 15) is 9.59 Å². The van der Waals surface area contributed by atoms with E-state index >= 15 is 0 Å². The van der Waals surface area contributed by atoms with E-state index in [2.05, 4.69) is 10.6 Å². The molecule has 0 spiro atoms. The Balaban J connectivity index is 2.31. The molecule has 0 aliphatic rings. The van der Waals surface area contributed by atoms with Crippen LogP contribution in [0.25, 0.3) is 0 Å². The molecule has 134 valence electrons. The minimum absolute atomic E-state index is 0.153. The van der Waals surface area contributed by atoms with Crippen LogP contribution in [0.15, 0.2) is 18.2 Å². The molecule has 0 saturated carbocycles. The highest BCUT2D eigenvalue weighted by Crippen LogP contribution is 2.27. The van der Waals surface area contributed by atoms with Crippen LogP contribution < -0.4 is 20.1 Å². The van der Waals surface area contributed by atoms with E-state index in [4.69, 9.17) is 9.47 Å². The van der Waals surface area contributed by atoms with Gasteiger partial charge in [-0.15, -0.1) is 0 Å². The van der Waals surface area contributed by atoms with Gasteiger partial charge in [-0.25, -0.2) is 0 Å². The van der Waals surface area contributed by atoms with Crippen molar-refractivity contribution in [2.75, 3.05) is 47.9 Å². The second kappa shape index (κ2) is 10.5. The van der Waals surface area contributed by atoms with E-state index < -0.39 is 0 Å².